The molecule has 3 atom stereocenters. The summed E-state index contributed by atoms with van der Waals surface area (Å²) in [6.07, 6.45) is 5.50. The van der Waals surface area contributed by atoms with Crippen LogP contribution in [0.5, 0.6) is 5.75 Å². The highest BCUT2D eigenvalue weighted by atomic mass is 16.5. The van der Waals surface area contributed by atoms with E-state index in [2.05, 4.69) is 41.1 Å². The molecule has 0 unspecified atom stereocenters. The number of likely N-dealkylation sites (tertiary alicyclic amines) is 1. The molecule has 1 saturated heterocycles. The van der Waals surface area contributed by atoms with Gasteiger partial charge in [0.15, 0.2) is 5.82 Å². The van der Waals surface area contributed by atoms with E-state index in [9.17, 15) is 4.79 Å². The molecule has 5 rings (SSSR count). The summed E-state index contributed by atoms with van der Waals surface area (Å²) in [6, 6.07) is 8.29. The molecule has 27 heavy (non-hydrogen) atoms. The number of aryl methyl sites for hydroxylation is 1. The van der Waals surface area contributed by atoms with E-state index >= 15 is 0 Å². The standard InChI is InChI=1S/C21H26N4O2/c1-20(2)12-21(14-7-4-5-9-17(14)27-20)11-15(21)19(26)25-10-6-8-16(25)18-23-22-13-24(18)3/h4-5,7,9,13,15-16H,6,8,10-12H2,1-3H3/t15-,16+,21+/m1/s1. The van der Waals surface area contributed by atoms with Gasteiger partial charge >= 0.3 is 0 Å². The van der Waals surface area contributed by atoms with Crippen LogP contribution < -0.4 is 4.74 Å². The average molecular weight is 366 g/mol. The Morgan fingerprint density at radius 1 is 1.30 bits per heavy atom. The van der Waals surface area contributed by atoms with Gasteiger partial charge in [-0.05, 0) is 45.6 Å². The smallest absolute Gasteiger partial charge is 0.227 e. The Kier molecular flexibility index (Phi) is 3.46. The lowest BCUT2D eigenvalue weighted by Crippen LogP contribution is -2.41. The molecule has 1 aromatic heterocycles. The van der Waals surface area contributed by atoms with Crippen molar-refractivity contribution in [2.75, 3.05) is 6.54 Å². The molecule has 0 radical (unpaired) electrons. The van der Waals surface area contributed by atoms with Gasteiger partial charge in [0.05, 0.1) is 6.04 Å². The number of nitrogens with zero attached hydrogens (tertiary/aromatic N) is 4. The number of ether oxygens (including phenoxy) is 1. The van der Waals surface area contributed by atoms with E-state index in [-0.39, 0.29) is 28.9 Å². The number of benzene rings is 1. The largest absolute Gasteiger partial charge is 0.488 e. The van der Waals surface area contributed by atoms with E-state index in [4.69, 9.17) is 4.74 Å². The summed E-state index contributed by atoms with van der Waals surface area (Å²) in [4.78, 5) is 15.6. The lowest BCUT2D eigenvalue weighted by Gasteiger charge is -2.39. The van der Waals surface area contributed by atoms with Crippen LogP contribution in [0.4, 0.5) is 0 Å². The Morgan fingerprint density at radius 2 is 2.11 bits per heavy atom. The minimum atomic E-state index is -0.253. The minimum Gasteiger partial charge on any atom is -0.488 e. The maximum Gasteiger partial charge on any atom is 0.227 e. The molecule has 3 heterocycles. The number of aromatic nitrogens is 3. The van der Waals surface area contributed by atoms with E-state index in [1.54, 1.807) is 6.33 Å². The van der Waals surface area contributed by atoms with Gasteiger partial charge in [0.25, 0.3) is 0 Å². The highest BCUT2D eigenvalue weighted by Crippen LogP contribution is 2.64. The first-order valence-corrected chi connectivity index (χ1v) is 9.84. The Morgan fingerprint density at radius 3 is 2.89 bits per heavy atom. The van der Waals surface area contributed by atoms with Crippen LogP contribution in [-0.4, -0.2) is 37.7 Å². The predicted octanol–water partition coefficient (Wildman–Crippen LogP) is 3.00. The van der Waals surface area contributed by atoms with E-state index in [0.717, 1.165) is 43.8 Å². The number of carbonyl (C=O) groups is 1. The van der Waals surface area contributed by atoms with Crippen molar-refractivity contribution >= 4 is 5.91 Å². The maximum absolute atomic E-state index is 13.5. The van der Waals surface area contributed by atoms with E-state index in [1.807, 2.05) is 23.7 Å². The Balaban J connectivity index is 1.46. The quantitative estimate of drug-likeness (QED) is 0.820. The van der Waals surface area contributed by atoms with E-state index < -0.39 is 0 Å². The molecule has 2 aliphatic heterocycles. The topological polar surface area (TPSA) is 60.2 Å². The predicted molar refractivity (Wildman–Crippen MR) is 100 cm³/mol. The first-order chi connectivity index (χ1) is 12.9. The van der Waals surface area contributed by atoms with Gasteiger partial charge in [0.2, 0.25) is 5.91 Å². The van der Waals surface area contributed by atoms with Gasteiger partial charge < -0.3 is 14.2 Å². The summed E-state index contributed by atoms with van der Waals surface area (Å²) in [5, 5.41) is 8.28. The molecule has 1 saturated carbocycles. The van der Waals surface area contributed by atoms with Gasteiger partial charge in [-0.15, -0.1) is 10.2 Å². The van der Waals surface area contributed by atoms with Gasteiger partial charge in [0, 0.05) is 30.5 Å². The van der Waals surface area contributed by atoms with Gasteiger partial charge in [-0.25, -0.2) is 0 Å². The Labute approximate surface area is 159 Å². The monoisotopic (exact) mass is 366 g/mol. The number of rotatable bonds is 2. The summed E-state index contributed by atoms with van der Waals surface area (Å²) in [7, 11) is 1.95. The van der Waals surface area contributed by atoms with Crippen LogP contribution in [0.2, 0.25) is 0 Å². The molecule has 6 nitrogen and oxygen atoms in total. The molecule has 1 spiro atoms. The Bertz CT molecular complexity index is 905. The highest BCUT2D eigenvalue weighted by Gasteiger charge is 2.65. The maximum atomic E-state index is 13.5. The van der Waals surface area contributed by atoms with Crippen LogP contribution in [0.15, 0.2) is 30.6 Å². The number of amides is 1. The highest BCUT2D eigenvalue weighted by molar-refractivity contribution is 5.85. The summed E-state index contributed by atoms with van der Waals surface area (Å²) in [5.41, 5.74) is 0.872. The van der Waals surface area contributed by atoms with Crippen molar-refractivity contribution in [2.24, 2.45) is 13.0 Å². The van der Waals surface area contributed by atoms with Crippen LogP contribution in [0, 0.1) is 5.92 Å². The van der Waals surface area contributed by atoms with Gasteiger partial charge in [-0.1, -0.05) is 18.2 Å². The molecule has 2 aromatic rings. The normalized spacial score (nSPS) is 30.9. The number of fused-ring (bicyclic) bond motifs is 2. The van der Waals surface area contributed by atoms with Crippen molar-refractivity contribution in [3.63, 3.8) is 0 Å². The summed E-state index contributed by atoms with van der Waals surface area (Å²) in [6.45, 7) is 5.07. The first kappa shape index (κ1) is 16.8. The molecule has 2 fully saturated rings. The summed E-state index contributed by atoms with van der Waals surface area (Å²) in [5.74, 6) is 2.14. The van der Waals surface area contributed by atoms with Crippen LogP contribution in [-0.2, 0) is 17.3 Å². The molecule has 1 amide bonds. The van der Waals surface area contributed by atoms with Crippen LogP contribution >= 0.6 is 0 Å². The third-order valence-electron chi connectivity index (χ3n) is 6.50. The second-order valence-corrected chi connectivity index (χ2v) is 8.94. The fraction of sp³-hybridized carbons (Fsp3) is 0.571. The Hall–Kier alpha value is -2.37. The molecule has 0 bridgehead atoms. The summed E-state index contributed by atoms with van der Waals surface area (Å²) < 4.78 is 8.13. The molecule has 1 aromatic carbocycles. The van der Waals surface area contributed by atoms with Gasteiger partial charge in [-0.3, -0.25) is 4.79 Å². The number of hydrogen-bond acceptors (Lipinski definition) is 4. The zero-order chi connectivity index (χ0) is 18.8. The van der Waals surface area contributed by atoms with Crippen molar-refractivity contribution in [3.05, 3.63) is 42.0 Å². The lowest BCUT2D eigenvalue weighted by atomic mass is 9.79. The fourth-order valence-electron chi connectivity index (χ4n) is 5.37. The molecule has 0 N–H and O–H groups in total. The average Bonchev–Trinajstić information content (AvgIpc) is 2.96. The van der Waals surface area contributed by atoms with E-state index in [0.29, 0.717) is 0 Å². The van der Waals surface area contributed by atoms with Crippen molar-refractivity contribution in [3.8, 4) is 5.75 Å². The van der Waals surface area contributed by atoms with Crippen LogP contribution in [0.3, 0.4) is 0 Å². The zero-order valence-corrected chi connectivity index (χ0v) is 16.2. The molecule has 3 aliphatic rings. The van der Waals surface area contributed by atoms with Gasteiger partial charge in [-0.2, -0.15) is 0 Å². The second-order valence-electron chi connectivity index (χ2n) is 8.94. The first-order valence-electron chi connectivity index (χ1n) is 9.84. The third-order valence-corrected chi connectivity index (χ3v) is 6.50. The molecular formula is C21H26N4O2. The third kappa shape index (κ3) is 2.49. The number of hydrogen-bond donors (Lipinski definition) is 0. The molecule has 1 aliphatic carbocycles. The molecular weight excluding hydrogens is 340 g/mol. The van der Waals surface area contributed by atoms with Crippen molar-refractivity contribution in [2.45, 2.75) is 56.6 Å². The minimum absolute atomic E-state index is 0.0376. The fourth-order valence-corrected chi connectivity index (χ4v) is 5.37. The van der Waals surface area contributed by atoms with Crippen LogP contribution in [0.1, 0.15) is 57.0 Å². The zero-order valence-electron chi connectivity index (χ0n) is 16.2. The van der Waals surface area contributed by atoms with Crippen molar-refractivity contribution < 1.29 is 9.53 Å². The lowest BCUT2D eigenvalue weighted by molar-refractivity contribution is -0.134. The SMILES string of the molecule is Cn1cnnc1[C@@H]1CCCN1C(=O)[C@H]1C[C@@]12CC(C)(C)Oc1ccccc12. The number of carbonyl (C=O) groups excluding carboxylic acids is 1. The van der Waals surface area contributed by atoms with Crippen molar-refractivity contribution in [1.82, 2.24) is 19.7 Å². The van der Waals surface area contributed by atoms with Crippen LogP contribution in [0.25, 0.3) is 0 Å². The van der Waals surface area contributed by atoms with Gasteiger partial charge in [0.1, 0.15) is 17.7 Å². The number of para-hydroxylation sites is 1. The van der Waals surface area contributed by atoms with E-state index in [1.165, 1.54) is 5.56 Å². The second kappa shape index (κ2) is 5.57. The molecule has 6 heteroatoms. The molecule has 142 valence electrons. The summed E-state index contributed by atoms with van der Waals surface area (Å²) >= 11 is 0. The van der Waals surface area contributed by atoms with Crippen molar-refractivity contribution in [1.29, 1.82) is 0 Å².